The van der Waals surface area contributed by atoms with Crippen LogP contribution in [-0.2, 0) is 22.2 Å². The number of anilines is 1. The Balaban J connectivity index is 1.36. The third-order valence-electron chi connectivity index (χ3n) is 6.03. The summed E-state index contributed by atoms with van der Waals surface area (Å²) >= 11 is 0. The normalized spacial score (nSPS) is 15.8. The summed E-state index contributed by atoms with van der Waals surface area (Å²) < 4.78 is 38.3. The van der Waals surface area contributed by atoms with Crippen LogP contribution in [-0.4, -0.2) is 47.0 Å². The van der Waals surface area contributed by atoms with E-state index in [1.807, 2.05) is 35.4 Å². The summed E-state index contributed by atoms with van der Waals surface area (Å²) in [4.78, 5) is 33.8. The summed E-state index contributed by atoms with van der Waals surface area (Å²) in [5, 5.41) is 6.78. The van der Waals surface area contributed by atoms with Gasteiger partial charge >= 0.3 is 6.18 Å². The first kappa shape index (κ1) is 23.6. The highest BCUT2D eigenvalue weighted by atomic mass is 19.4. The third kappa shape index (κ3) is 5.49. The van der Waals surface area contributed by atoms with Crippen molar-refractivity contribution in [2.45, 2.75) is 44.4 Å². The Bertz CT molecular complexity index is 1150. The molecule has 0 radical (unpaired) electrons. The van der Waals surface area contributed by atoms with Gasteiger partial charge in [-0.25, -0.2) is 4.98 Å². The maximum Gasteiger partial charge on any atom is 0.417 e. The Morgan fingerprint density at radius 2 is 1.91 bits per heavy atom. The third-order valence-corrected chi connectivity index (χ3v) is 6.03. The number of rotatable bonds is 6. The molecule has 2 aromatic heterocycles. The number of benzene rings is 1. The monoisotopic (exact) mass is 473 g/mol. The number of H-pyrrole nitrogens is 1. The van der Waals surface area contributed by atoms with Crippen molar-refractivity contribution < 1.29 is 22.8 Å². The lowest BCUT2D eigenvalue weighted by Crippen LogP contribution is -2.52. The van der Waals surface area contributed by atoms with Crippen molar-refractivity contribution in [3.05, 3.63) is 59.9 Å². The molecule has 180 valence electrons. The van der Waals surface area contributed by atoms with Crippen LogP contribution in [0.3, 0.4) is 0 Å². The average molecular weight is 473 g/mol. The van der Waals surface area contributed by atoms with E-state index in [0.29, 0.717) is 38.2 Å². The highest BCUT2D eigenvalue weighted by Crippen LogP contribution is 2.30. The fourth-order valence-corrected chi connectivity index (χ4v) is 4.27. The molecule has 1 atom stereocenters. The second-order valence-electron chi connectivity index (χ2n) is 8.49. The molecule has 0 saturated carbocycles. The van der Waals surface area contributed by atoms with Gasteiger partial charge in [-0.2, -0.15) is 13.2 Å². The maximum absolute atomic E-state index is 13.0. The molecular weight excluding hydrogens is 447 g/mol. The van der Waals surface area contributed by atoms with E-state index in [1.165, 1.54) is 13.0 Å². The Morgan fingerprint density at radius 3 is 2.56 bits per heavy atom. The van der Waals surface area contributed by atoms with E-state index in [4.69, 9.17) is 0 Å². The number of aromatic nitrogens is 2. The lowest BCUT2D eigenvalue weighted by molar-refractivity contribution is -0.137. The number of carbonyl (C=O) groups excluding carboxylic acids is 2. The zero-order valence-corrected chi connectivity index (χ0v) is 18.7. The molecule has 1 fully saturated rings. The number of amides is 2. The van der Waals surface area contributed by atoms with Gasteiger partial charge in [0.1, 0.15) is 11.9 Å². The fourth-order valence-electron chi connectivity index (χ4n) is 4.27. The Labute approximate surface area is 194 Å². The summed E-state index contributed by atoms with van der Waals surface area (Å²) in [7, 11) is 0. The predicted molar refractivity (Wildman–Crippen MR) is 122 cm³/mol. The van der Waals surface area contributed by atoms with Gasteiger partial charge in [0.15, 0.2) is 0 Å². The molecule has 2 amide bonds. The molecule has 7 nitrogen and oxygen atoms in total. The Morgan fingerprint density at radius 1 is 1.18 bits per heavy atom. The average Bonchev–Trinajstić information content (AvgIpc) is 3.21. The number of aromatic amines is 1. The first-order valence-corrected chi connectivity index (χ1v) is 11.1. The number of para-hydroxylation sites is 1. The minimum absolute atomic E-state index is 0.0996. The van der Waals surface area contributed by atoms with E-state index in [1.54, 1.807) is 0 Å². The van der Waals surface area contributed by atoms with Crippen molar-refractivity contribution in [3.63, 3.8) is 0 Å². The van der Waals surface area contributed by atoms with Crippen molar-refractivity contribution in [1.82, 2.24) is 20.6 Å². The van der Waals surface area contributed by atoms with Gasteiger partial charge in [0.2, 0.25) is 11.8 Å². The number of carbonyl (C=O) groups is 2. The van der Waals surface area contributed by atoms with Gasteiger partial charge in [-0.15, -0.1) is 0 Å². The van der Waals surface area contributed by atoms with Crippen LogP contribution in [0.4, 0.5) is 19.0 Å². The molecule has 1 aliphatic rings. The molecule has 34 heavy (non-hydrogen) atoms. The smallest absolute Gasteiger partial charge is 0.361 e. The molecule has 3 N–H and O–H groups in total. The Hall–Kier alpha value is -3.56. The van der Waals surface area contributed by atoms with E-state index in [-0.39, 0.29) is 17.9 Å². The van der Waals surface area contributed by atoms with Crippen molar-refractivity contribution in [2.24, 2.45) is 0 Å². The number of piperidine rings is 1. The molecule has 0 bridgehead atoms. The van der Waals surface area contributed by atoms with Gasteiger partial charge in [0, 0.05) is 55.8 Å². The molecule has 3 heterocycles. The lowest BCUT2D eigenvalue weighted by atomic mass is 10.0. The number of alkyl halides is 3. The minimum Gasteiger partial charge on any atom is -0.361 e. The number of hydrogen-bond donors (Lipinski definition) is 3. The van der Waals surface area contributed by atoms with E-state index in [0.717, 1.165) is 28.7 Å². The number of halogens is 3. The summed E-state index contributed by atoms with van der Waals surface area (Å²) in [6.07, 6.45) is -0.138. The second kappa shape index (κ2) is 9.74. The summed E-state index contributed by atoms with van der Waals surface area (Å²) in [5.74, 6) is -0.0667. The van der Waals surface area contributed by atoms with Crippen LogP contribution in [0.1, 0.15) is 30.9 Å². The number of pyridine rings is 1. The summed E-state index contributed by atoms with van der Waals surface area (Å²) in [6, 6.07) is 9.35. The molecule has 0 spiro atoms. The van der Waals surface area contributed by atoms with Gasteiger partial charge in [0.05, 0.1) is 5.56 Å². The zero-order valence-electron chi connectivity index (χ0n) is 18.7. The van der Waals surface area contributed by atoms with Crippen LogP contribution in [0.5, 0.6) is 0 Å². The molecule has 1 unspecified atom stereocenters. The summed E-state index contributed by atoms with van der Waals surface area (Å²) in [5.41, 5.74) is 1.12. The summed E-state index contributed by atoms with van der Waals surface area (Å²) in [6.45, 7) is 2.48. The van der Waals surface area contributed by atoms with Gasteiger partial charge in [-0.1, -0.05) is 18.2 Å². The SMILES string of the molecule is CC(=O)NC(Cc1c[nH]c2ccccc12)C(=O)NC1CCN(c2ccc(C(F)(F)F)cn2)CC1. The minimum atomic E-state index is -4.42. The number of nitrogens with zero attached hydrogens (tertiary/aromatic N) is 2. The highest BCUT2D eigenvalue weighted by Gasteiger charge is 2.31. The van der Waals surface area contributed by atoms with E-state index in [2.05, 4.69) is 20.6 Å². The van der Waals surface area contributed by atoms with Crippen molar-refractivity contribution >= 4 is 28.5 Å². The van der Waals surface area contributed by atoms with Crippen LogP contribution in [0.15, 0.2) is 48.8 Å². The molecule has 4 rings (SSSR count). The molecule has 3 aromatic rings. The lowest BCUT2D eigenvalue weighted by Gasteiger charge is -2.34. The van der Waals surface area contributed by atoms with Gasteiger partial charge < -0.3 is 20.5 Å². The fraction of sp³-hybridized carbons (Fsp3) is 0.375. The van der Waals surface area contributed by atoms with Gasteiger partial charge in [-0.3, -0.25) is 9.59 Å². The Kier molecular flexibility index (Phi) is 6.76. The van der Waals surface area contributed by atoms with E-state index >= 15 is 0 Å². The van der Waals surface area contributed by atoms with Gasteiger partial charge in [-0.05, 0) is 36.6 Å². The first-order valence-electron chi connectivity index (χ1n) is 11.1. The van der Waals surface area contributed by atoms with E-state index < -0.39 is 17.8 Å². The zero-order chi connectivity index (χ0) is 24.3. The molecular formula is C24H26F3N5O2. The van der Waals surface area contributed by atoms with Crippen LogP contribution in [0.25, 0.3) is 10.9 Å². The quantitative estimate of drug-likeness (QED) is 0.512. The van der Waals surface area contributed by atoms with Crippen LogP contribution in [0, 0.1) is 0 Å². The van der Waals surface area contributed by atoms with Gasteiger partial charge in [0.25, 0.3) is 0 Å². The van der Waals surface area contributed by atoms with E-state index in [9.17, 15) is 22.8 Å². The number of fused-ring (bicyclic) bond motifs is 1. The molecule has 1 aliphatic heterocycles. The number of nitrogens with one attached hydrogen (secondary N) is 3. The molecule has 1 aromatic carbocycles. The van der Waals surface area contributed by atoms with Crippen LogP contribution < -0.4 is 15.5 Å². The largest absolute Gasteiger partial charge is 0.417 e. The molecule has 10 heteroatoms. The van der Waals surface area contributed by atoms with Crippen LogP contribution >= 0.6 is 0 Å². The second-order valence-corrected chi connectivity index (χ2v) is 8.49. The number of hydrogen-bond acceptors (Lipinski definition) is 4. The highest BCUT2D eigenvalue weighted by molar-refractivity contribution is 5.89. The van der Waals surface area contributed by atoms with Crippen molar-refractivity contribution in [2.75, 3.05) is 18.0 Å². The van der Waals surface area contributed by atoms with Crippen LogP contribution in [0.2, 0.25) is 0 Å². The topological polar surface area (TPSA) is 90.1 Å². The molecule has 0 aliphatic carbocycles. The van der Waals surface area contributed by atoms with Crippen molar-refractivity contribution in [1.29, 1.82) is 0 Å². The maximum atomic E-state index is 13.0. The first-order chi connectivity index (χ1) is 16.2. The van der Waals surface area contributed by atoms with Crippen molar-refractivity contribution in [3.8, 4) is 0 Å². The molecule has 1 saturated heterocycles. The standard InChI is InChI=1S/C24H26F3N5O2/c1-15(33)30-21(12-16-13-28-20-5-3-2-4-19(16)20)23(34)31-18-8-10-32(11-9-18)22-7-6-17(14-29-22)24(25,26)27/h2-7,13-14,18,21,28H,8-12H2,1H3,(H,30,33)(H,31,34). The predicted octanol–water partition coefficient (Wildman–Crippen LogP) is 3.41.